The van der Waals surface area contributed by atoms with E-state index in [1.807, 2.05) is 6.07 Å². The zero-order valence-corrected chi connectivity index (χ0v) is 11.7. The summed E-state index contributed by atoms with van der Waals surface area (Å²) in [5.74, 6) is 0.511. The number of likely N-dealkylation sites (N-methyl/N-ethyl adjacent to an activating group) is 1. The van der Waals surface area contributed by atoms with Gasteiger partial charge in [0.15, 0.2) is 0 Å². The predicted molar refractivity (Wildman–Crippen MR) is 74.5 cm³/mol. The molecule has 1 aromatic carbocycles. The zero-order valence-electron chi connectivity index (χ0n) is 11.7. The third-order valence-electron chi connectivity index (χ3n) is 2.94. The van der Waals surface area contributed by atoms with Crippen molar-refractivity contribution < 1.29 is 9.66 Å². The van der Waals surface area contributed by atoms with Crippen LogP contribution in [0, 0.1) is 10.1 Å². The van der Waals surface area contributed by atoms with Crippen LogP contribution in [-0.4, -0.2) is 43.6 Å². The largest absolute Gasteiger partial charge is 0.496 e. The SMILES string of the molecule is CCN(C)CCNCc1cc(OC)cc([N+](=O)[O-])c1. The lowest BCUT2D eigenvalue weighted by Gasteiger charge is -2.14. The minimum absolute atomic E-state index is 0.0572. The van der Waals surface area contributed by atoms with Crippen molar-refractivity contribution in [2.75, 3.05) is 33.8 Å². The van der Waals surface area contributed by atoms with E-state index in [1.54, 1.807) is 6.07 Å². The molecule has 0 aliphatic carbocycles. The first-order valence-electron chi connectivity index (χ1n) is 6.28. The molecule has 0 saturated heterocycles. The first-order chi connectivity index (χ1) is 9.06. The lowest BCUT2D eigenvalue weighted by molar-refractivity contribution is -0.385. The summed E-state index contributed by atoms with van der Waals surface area (Å²) in [4.78, 5) is 12.6. The summed E-state index contributed by atoms with van der Waals surface area (Å²) in [6.45, 7) is 5.49. The third-order valence-corrected chi connectivity index (χ3v) is 2.94. The summed E-state index contributed by atoms with van der Waals surface area (Å²) >= 11 is 0. The van der Waals surface area contributed by atoms with Crippen molar-refractivity contribution in [3.8, 4) is 5.75 Å². The number of benzene rings is 1. The van der Waals surface area contributed by atoms with E-state index < -0.39 is 4.92 Å². The quantitative estimate of drug-likeness (QED) is 0.440. The highest BCUT2D eigenvalue weighted by Gasteiger charge is 2.09. The fourth-order valence-electron chi connectivity index (χ4n) is 1.63. The zero-order chi connectivity index (χ0) is 14.3. The van der Waals surface area contributed by atoms with Crippen LogP contribution in [0.1, 0.15) is 12.5 Å². The van der Waals surface area contributed by atoms with Crippen molar-refractivity contribution in [3.63, 3.8) is 0 Å². The monoisotopic (exact) mass is 267 g/mol. The number of hydrogen-bond donors (Lipinski definition) is 1. The lowest BCUT2D eigenvalue weighted by atomic mass is 10.2. The molecule has 0 fully saturated rings. The van der Waals surface area contributed by atoms with Gasteiger partial charge >= 0.3 is 0 Å². The molecule has 0 unspecified atom stereocenters. The summed E-state index contributed by atoms with van der Waals surface area (Å²) in [5, 5.41) is 14.1. The first-order valence-corrected chi connectivity index (χ1v) is 6.28. The van der Waals surface area contributed by atoms with Crippen LogP contribution in [-0.2, 0) is 6.54 Å². The molecule has 0 bridgehead atoms. The average molecular weight is 267 g/mol. The van der Waals surface area contributed by atoms with Gasteiger partial charge in [0.1, 0.15) is 5.75 Å². The second-order valence-electron chi connectivity index (χ2n) is 4.37. The highest BCUT2D eigenvalue weighted by Crippen LogP contribution is 2.22. The molecule has 0 aromatic heterocycles. The lowest BCUT2D eigenvalue weighted by Crippen LogP contribution is -2.28. The van der Waals surface area contributed by atoms with Crippen molar-refractivity contribution >= 4 is 5.69 Å². The number of non-ortho nitro benzene ring substituents is 1. The molecule has 106 valence electrons. The number of ether oxygens (including phenoxy) is 1. The van der Waals surface area contributed by atoms with E-state index >= 15 is 0 Å². The number of nitrogens with zero attached hydrogens (tertiary/aromatic N) is 2. The Morgan fingerprint density at radius 2 is 2.16 bits per heavy atom. The fraction of sp³-hybridized carbons (Fsp3) is 0.538. The topological polar surface area (TPSA) is 67.6 Å². The van der Waals surface area contributed by atoms with E-state index in [-0.39, 0.29) is 5.69 Å². The van der Waals surface area contributed by atoms with Crippen molar-refractivity contribution in [2.24, 2.45) is 0 Å². The van der Waals surface area contributed by atoms with Crippen LogP contribution in [0.3, 0.4) is 0 Å². The van der Waals surface area contributed by atoms with Gasteiger partial charge in [0, 0.05) is 25.7 Å². The average Bonchev–Trinajstić information content (AvgIpc) is 2.42. The summed E-state index contributed by atoms with van der Waals surface area (Å²) in [7, 11) is 3.56. The second kappa shape index (κ2) is 7.70. The number of nitro benzene ring substituents is 1. The maximum Gasteiger partial charge on any atom is 0.273 e. The van der Waals surface area contributed by atoms with Gasteiger partial charge in [0.2, 0.25) is 0 Å². The highest BCUT2D eigenvalue weighted by atomic mass is 16.6. The molecule has 1 N–H and O–H groups in total. The van der Waals surface area contributed by atoms with Gasteiger partial charge in [-0.05, 0) is 25.2 Å². The normalized spacial score (nSPS) is 10.7. The van der Waals surface area contributed by atoms with Gasteiger partial charge in [0.05, 0.1) is 18.1 Å². The molecule has 0 aliphatic heterocycles. The molecule has 0 spiro atoms. The Hall–Kier alpha value is -1.66. The van der Waals surface area contributed by atoms with Crippen LogP contribution in [0.15, 0.2) is 18.2 Å². The maximum absolute atomic E-state index is 10.8. The molecule has 1 aromatic rings. The smallest absolute Gasteiger partial charge is 0.273 e. The standard InChI is InChI=1S/C13H21N3O3/c1-4-15(2)6-5-14-10-11-7-12(16(17)18)9-13(8-11)19-3/h7-9,14H,4-6,10H2,1-3H3. The molecule has 1 rings (SSSR count). The predicted octanol–water partition coefficient (Wildman–Crippen LogP) is 1.64. The molecular formula is C13H21N3O3. The van der Waals surface area contributed by atoms with Crippen LogP contribution >= 0.6 is 0 Å². The number of nitrogens with one attached hydrogen (secondary N) is 1. The number of rotatable bonds is 8. The number of methoxy groups -OCH3 is 1. The summed E-state index contributed by atoms with van der Waals surface area (Å²) < 4.78 is 5.07. The molecular weight excluding hydrogens is 246 g/mol. The molecule has 0 saturated carbocycles. The molecule has 6 nitrogen and oxygen atoms in total. The van der Waals surface area contributed by atoms with Crippen LogP contribution in [0.25, 0.3) is 0 Å². The van der Waals surface area contributed by atoms with Gasteiger partial charge in [-0.3, -0.25) is 10.1 Å². The van der Waals surface area contributed by atoms with Gasteiger partial charge in [-0.15, -0.1) is 0 Å². The summed E-state index contributed by atoms with van der Waals surface area (Å²) in [6, 6.07) is 4.80. The summed E-state index contributed by atoms with van der Waals surface area (Å²) in [5.41, 5.74) is 0.909. The molecule has 19 heavy (non-hydrogen) atoms. The minimum atomic E-state index is -0.406. The Labute approximate surface area is 113 Å². The fourth-order valence-corrected chi connectivity index (χ4v) is 1.63. The molecule has 0 amide bonds. The molecule has 0 radical (unpaired) electrons. The van der Waals surface area contributed by atoms with E-state index in [9.17, 15) is 10.1 Å². The first kappa shape index (κ1) is 15.4. The van der Waals surface area contributed by atoms with Crippen LogP contribution in [0.2, 0.25) is 0 Å². The van der Waals surface area contributed by atoms with E-state index in [2.05, 4.69) is 24.2 Å². The number of hydrogen-bond acceptors (Lipinski definition) is 5. The van der Waals surface area contributed by atoms with Crippen molar-refractivity contribution in [1.82, 2.24) is 10.2 Å². The van der Waals surface area contributed by atoms with Crippen molar-refractivity contribution in [2.45, 2.75) is 13.5 Å². The Bertz CT molecular complexity index is 424. The van der Waals surface area contributed by atoms with Gasteiger partial charge in [-0.1, -0.05) is 6.92 Å². The minimum Gasteiger partial charge on any atom is -0.496 e. The van der Waals surface area contributed by atoms with Crippen LogP contribution in [0.5, 0.6) is 5.75 Å². The molecule has 0 aliphatic rings. The van der Waals surface area contributed by atoms with E-state index in [0.717, 1.165) is 25.2 Å². The second-order valence-corrected chi connectivity index (χ2v) is 4.37. The Morgan fingerprint density at radius 3 is 2.74 bits per heavy atom. The van der Waals surface area contributed by atoms with E-state index in [0.29, 0.717) is 12.3 Å². The van der Waals surface area contributed by atoms with Crippen LogP contribution < -0.4 is 10.1 Å². The molecule has 0 atom stereocenters. The summed E-state index contributed by atoms with van der Waals surface area (Å²) in [6.07, 6.45) is 0. The molecule has 0 heterocycles. The third kappa shape index (κ3) is 5.23. The number of nitro groups is 1. The highest BCUT2D eigenvalue weighted by molar-refractivity contribution is 5.42. The van der Waals surface area contributed by atoms with Gasteiger partial charge in [-0.2, -0.15) is 0 Å². The maximum atomic E-state index is 10.8. The Balaban J connectivity index is 2.57. The van der Waals surface area contributed by atoms with Gasteiger partial charge < -0.3 is 15.0 Å². The van der Waals surface area contributed by atoms with Gasteiger partial charge in [-0.25, -0.2) is 0 Å². The van der Waals surface area contributed by atoms with E-state index in [4.69, 9.17) is 4.74 Å². The van der Waals surface area contributed by atoms with Crippen molar-refractivity contribution in [3.05, 3.63) is 33.9 Å². The Kier molecular flexibility index (Phi) is 6.24. The van der Waals surface area contributed by atoms with E-state index in [1.165, 1.54) is 13.2 Å². The molecule has 6 heteroatoms. The Morgan fingerprint density at radius 1 is 1.42 bits per heavy atom. The van der Waals surface area contributed by atoms with Gasteiger partial charge in [0.25, 0.3) is 5.69 Å². The van der Waals surface area contributed by atoms with Crippen LogP contribution in [0.4, 0.5) is 5.69 Å². The van der Waals surface area contributed by atoms with Crippen molar-refractivity contribution in [1.29, 1.82) is 0 Å².